The van der Waals surface area contributed by atoms with Gasteiger partial charge in [-0.15, -0.1) is 0 Å². The van der Waals surface area contributed by atoms with Crippen molar-refractivity contribution in [3.05, 3.63) is 12.2 Å². The molecule has 2 atom stereocenters. The minimum absolute atomic E-state index is 0.248. The molecule has 0 aliphatic carbocycles. The van der Waals surface area contributed by atoms with Crippen molar-refractivity contribution in [3.63, 3.8) is 0 Å². The Bertz CT molecular complexity index is 361. The standard InChI is InChI=1S/C16H32N4O/c1-5-9-15(21-8-4)14(17-10-6-2)12-16-18-13-19-20(16)11-7-3/h13-15,17H,5-12H2,1-4H3. The molecule has 0 amide bonds. The fraction of sp³-hybridized carbons (Fsp3) is 0.875. The average Bonchev–Trinajstić information content (AvgIpc) is 2.91. The number of hydrogen-bond donors (Lipinski definition) is 1. The van der Waals surface area contributed by atoms with Gasteiger partial charge in [-0.2, -0.15) is 5.10 Å². The Hall–Kier alpha value is -0.940. The summed E-state index contributed by atoms with van der Waals surface area (Å²) in [6.45, 7) is 11.3. The molecule has 0 aliphatic heterocycles. The highest BCUT2D eigenvalue weighted by molar-refractivity contribution is 4.93. The summed E-state index contributed by atoms with van der Waals surface area (Å²) in [6, 6.07) is 0.310. The van der Waals surface area contributed by atoms with Gasteiger partial charge in [0, 0.05) is 25.6 Å². The SMILES string of the molecule is CCCNC(Cc1ncnn1CCC)C(CCC)OCC. The van der Waals surface area contributed by atoms with Gasteiger partial charge in [0.25, 0.3) is 0 Å². The van der Waals surface area contributed by atoms with E-state index in [-0.39, 0.29) is 6.10 Å². The summed E-state index contributed by atoms with van der Waals surface area (Å²) in [5, 5.41) is 7.97. The van der Waals surface area contributed by atoms with Gasteiger partial charge < -0.3 is 10.1 Å². The van der Waals surface area contributed by atoms with Crippen molar-refractivity contribution in [1.82, 2.24) is 20.1 Å². The molecule has 0 aliphatic rings. The van der Waals surface area contributed by atoms with E-state index < -0.39 is 0 Å². The van der Waals surface area contributed by atoms with Crippen LogP contribution >= 0.6 is 0 Å². The minimum Gasteiger partial charge on any atom is -0.377 e. The topological polar surface area (TPSA) is 52.0 Å². The molecular formula is C16H32N4O. The first-order chi connectivity index (χ1) is 10.3. The van der Waals surface area contributed by atoms with Crippen molar-refractivity contribution in [2.75, 3.05) is 13.2 Å². The Kier molecular flexibility index (Phi) is 9.26. The van der Waals surface area contributed by atoms with Crippen LogP contribution in [0.4, 0.5) is 0 Å². The summed E-state index contributed by atoms with van der Waals surface area (Å²) in [6.07, 6.45) is 7.21. The maximum absolute atomic E-state index is 5.97. The quantitative estimate of drug-likeness (QED) is 0.644. The molecule has 1 aromatic rings. The van der Waals surface area contributed by atoms with Crippen molar-refractivity contribution >= 4 is 0 Å². The van der Waals surface area contributed by atoms with Gasteiger partial charge in [-0.1, -0.05) is 27.2 Å². The maximum Gasteiger partial charge on any atom is 0.138 e. The van der Waals surface area contributed by atoms with Crippen LogP contribution in [0.25, 0.3) is 0 Å². The van der Waals surface area contributed by atoms with E-state index in [4.69, 9.17) is 4.74 Å². The van der Waals surface area contributed by atoms with Crippen LogP contribution in [0, 0.1) is 0 Å². The molecule has 0 aromatic carbocycles. The highest BCUT2D eigenvalue weighted by Crippen LogP contribution is 2.12. The van der Waals surface area contributed by atoms with Crippen molar-refractivity contribution in [3.8, 4) is 0 Å². The number of hydrogen-bond acceptors (Lipinski definition) is 4. The number of rotatable bonds is 12. The molecule has 21 heavy (non-hydrogen) atoms. The molecule has 0 radical (unpaired) electrons. The molecule has 0 saturated heterocycles. The van der Waals surface area contributed by atoms with Gasteiger partial charge in [-0.05, 0) is 32.7 Å². The van der Waals surface area contributed by atoms with Gasteiger partial charge in [0.05, 0.1) is 6.10 Å². The van der Waals surface area contributed by atoms with Gasteiger partial charge in [0.15, 0.2) is 0 Å². The highest BCUT2D eigenvalue weighted by atomic mass is 16.5. The van der Waals surface area contributed by atoms with E-state index in [0.29, 0.717) is 6.04 Å². The molecule has 1 aromatic heterocycles. The predicted molar refractivity (Wildman–Crippen MR) is 86.4 cm³/mol. The summed E-state index contributed by atoms with van der Waals surface area (Å²) in [7, 11) is 0. The molecule has 1 N–H and O–H groups in total. The summed E-state index contributed by atoms with van der Waals surface area (Å²) in [4.78, 5) is 4.44. The molecule has 0 fully saturated rings. The van der Waals surface area contributed by atoms with Gasteiger partial charge in [-0.3, -0.25) is 4.68 Å². The average molecular weight is 296 g/mol. The van der Waals surface area contributed by atoms with E-state index in [1.165, 1.54) is 0 Å². The first-order valence-electron chi connectivity index (χ1n) is 8.48. The number of ether oxygens (including phenoxy) is 1. The van der Waals surface area contributed by atoms with E-state index in [1.54, 1.807) is 6.33 Å². The molecule has 122 valence electrons. The third-order valence-electron chi connectivity index (χ3n) is 3.59. The Morgan fingerprint density at radius 3 is 2.62 bits per heavy atom. The summed E-state index contributed by atoms with van der Waals surface area (Å²) < 4.78 is 7.99. The van der Waals surface area contributed by atoms with Gasteiger partial charge in [-0.25, -0.2) is 4.98 Å². The van der Waals surface area contributed by atoms with Crippen molar-refractivity contribution in [2.24, 2.45) is 0 Å². The third-order valence-corrected chi connectivity index (χ3v) is 3.59. The summed E-state index contributed by atoms with van der Waals surface area (Å²) in [5.74, 6) is 1.06. The molecule has 1 heterocycles. The highest BCUT2D eigenvalue weighted by Gasteiger charge is 2.23. The van der Waals surface area contributed by atoms with Crippen LogP contribution in [0.5, 0.6) is 0 Å². The number of nitrogens with one attached hydrogen (secondary N) is 1. The Morgan fingerprint density at radius 2 is 2.00 bits per heavy atom. The second kappa shape index (κ2) is 10.7. The summed E-state index contributed by atoms with van der Waals surface area (Å²) in [5.41, 5.74) is 0. The minimum atomic E-state index is 0.248. The van der Waals surface area contributed by atoms with E-state index >= 15 is 0 Å². The van der Waals surface area contributed by atoms with Crippen molar-refractivity contribution in [1.29, 1.82) is 0 Å². The second-order valence-electron chi connectivity index (χ2n) is 5.45. The Labute approximate surface area is 129 Å². The normalized spacial score (nSPS) is 14.3. The Balaban J connectivity index is 2.77. The maximum atomic E-state index is 5.97. The first kappa shape index (κ1) is 18.1. The Morgan fingerprint density at radius 1 is 1.19 bits per heavy atom. The van der Waals surface area contributed by atoms with Gasteiger partial charge >= 0.3 is 0 Å². The van der Waals surface area contributed by atoms with Crippen LogP contribution in [0.15, 0.2) is 6.33 Å². The monoisotopic (exact) mass is 296 g/mol. The lowest BCUT2D eigenvalue weighted by molar-refractivity contribution is 0.0274. The smallest absolute Gasteiger partial charge is 0.138 e. The zero-order valence-corrected chi connectivity index (χ0v) is 14.1. The molecular weight excluding hydrogens is 264 g/mol. The summed E-state index contributed by atoms with van der Waals surface area (Å²) >= 11 is 0. The van der Waals surface area contributed by atoms with Gasteiger partial charge in [0.2, 0.25) is 0 Å². The third kappa shape index (κ3) is 6.14. The molecule has 0 bridgehead atoms. The fourth-order valence-corrected chi connectivity index (χ4v) is 2.61. The second-order valence-corrected chi connectivity index (χ2v) is 5.45. The van der Waals surface area contributed by atoms with Crippen LogP contribution in [0.1, 0.15) is 59.2 Å². The first-order valence-corrected chi connectivity index (χ1v) is 8.48. The van der Waals surface area contributed by atoms with E-state index in [0.717, 1.165) is 57.6 Å². The number of aryl methyl sites for hydroxylation is 1. The van der Waals surface area contributed by atoms with Gasteiger partial charge in [0.1, 0.15) is 12.2 Å². The van der Waals surface area contributed by atoms with E-state index in [9.17, 15) is 0 Å². The number of nitrogens with zero attached hydrogens (tertiary/aromatic N) is 3. The van der Waals surface area contributed by atoms with E-state index in [2.05, 4.69) is 43.1 Å². The van der Waals surface area contributed by atoms with Crippen molar-refractivity contribution in [2.45, 2.75) is 78.5 Å². The van der Waals surface area contributed by atoms with Crippen LogP contribution < -0.4 is 5.32 Å². The zero-order chi connectivity index (χ0) is 15.5. The van der Waals surface area contributed by atoms with E-state index in [1.807, 2.05) is 4.68 Å². The van der Waals surface area contributed by atoms with Crippen molar-refractivity contribution < 1.29 is 4.74 Å². The van der Waals surface area contributed by atoms with Crippen LogP contribution in [0.2, 0.25) is 0 Å². The zero-order valence-electron chi connectivity index (χ0n) is 14.1. The molecule has 5 nitrogen and oxygen atoms in total. The van der Waals surface area contributed by atoms with Crippen LogP contribution in [-0.4, -0.2) is 40.1 Å². The molecule has 5 heteroatoms. The largest absolute Gasteiger partial charge is 0.377 e. The lowest BCUT2D eigenvalue weighted by Gasteiger charge is -2.27. The lowest BCUT2D eigenvalue weighted by Crippen LogP contribution is -2.44. The predicted octanol–water partition coefficient (Wildman–Crippen LogP) is 2.80. The molecule has 0 spiro atoms. The molecule has 0 saturated carbocycles. The van der Waals surface area contributed by atoms with Crippen LogP contribution in [-0.2, 0) is 17.7 Å². The lowest BCUT2D eigenvalue weighted by atomic mass is 10.0. The molecule has 1 rings (SSSR count). The fourth-order valence-electron chi connectivity index (χ4n) is 2.61. The number of aromatic nitrogens is 3. The van der Waals surface area contributed by atoms with Crippen LogP contribution in [0.3, 0.4) is 0 Å². The molecule has 2 unspecified atom stereocenters.